The maximum Gasteiger partial charge on any atom is 0.234 e. The number of nitrogens with zero attached hydrogens (tertiary/aromatic N) is 3. The third-order valence-electron chi connectivity index (χ3n) is 4.27. The second-order valence-electron chi connectivity index (χ2n) is 6.41. The summed E-state index contributed by atoms with van der Waals surface area (Å²) in [5.41, 5.74) is 0.680. The topological polar surface area (TPSA) is 87.5 Å². The number of thioether (sulfide) groups is 1. The van der Waals surface area contributed by atoms with Crippen molar-refractivity contribution < 1.29 is 19.0 Å². The molecule has 1 unspecified atom stereocenters. The number of hydrogen-bond acceptors (Lipinski definition) is 7. The van der Waals surface area contributed by atoms with Gasteiger partial charge in [0.15, 0.2) is 17.1 Å². The Bertz CT molecular complexity index is 1010. The van der Waals surface area contributed by atoms with Gasteiger partial charge in [0.25, 0.3) is 0 Å². The number of ether oxygens (including phenoxy) is 3. The fourth-order valence-electron chi connectivity index (χ4n) is 2.77. The zero-order valence-corrected chi connectivity index (χ0v) is 18.1. The minimum absolute atomic E-state index is 0.140. The van der Waals surface area contributed by atoms with Gasteiger partial charge in [-0.3, -0.25) is 4.79 Å². The molecule has 0 aliphatic carbocycles. The first-order valence-electron chi connectivity index (χ1n) is 9.27. The van der Waals surface area contributed by atoms with Gasteiger partial charge in [-0.15, -0.1) is 10.2 Å². The van der Waals surface area contributed by atoms with Crippen molar-refractivity contribution in [2.45, 2.75) is 18.2 Å². The van der Waals surface area contributed by atoms with Crippen molar-refractivity contribution in [1.82, 2.24) is 14.8 Å². The van der Waals surface area contributed by atoms with Crippen molar-refractivity contribution >= 4 is 23.4 Å². The van der Waals surface area contributed by atoms with E-state index in [0.717, 1.165) is 5.75 Å². The Hall–Kier alpha value is -3.20. The van der Waals surface area contributed by atoms with Gasteiger partial charge in [0.2, 0.25) is 5.91 Å². The summed E-state index contributed by atoms with van der Waals surface area (Å²) in [4.78, 5) is 12.3. The van der Waals surface area contributed by atoms with Crippen molar-refractivity contribution in [3.05, 3.63) is 54.4 Å². The van der Waals surface area contributed by atoms with E-state index in [4.69, 9.17) is 14.2 Å². The predicted octanol–water partition coefficient (Wildman–Crippen LogP) is 3.70. The van der Waals surface area contributed by atoms with Crippen LogP contribution in [0.5, 0.6) is 17.2 Å². The lowest BCUT2D eigenvalue weighted by molar-refractivity contribution is -0.113. The van der Waals surface area contributed by atoms with Gasteiger partial charge in [-0.2, -0.15) is 0 Å². The molecule has 1 heterocycles. The minimum Gasteiger partial charge on any atom is -0.497 e. The van der Waals surface area contributed by atoms with E-state index in [9.17, 15) is 4.79 Å². The molecule has 1 atom stereocenters. The van der Waals surface area contributed by atoms with E-state index in [0.29, 0.717) is 28.2 Å². The van der Waals surface area contributed by atoms with Gasteiger partial charge in [0.05, 0.1) is 20.0 Å². The Labute approximate surface area is 179 Å². The number of benzene rings is 2. The van der Waals surface area contributed by atoms with E-state index < -0.39 is 0 Å². The molecule has 30 heavy (non-hydrogen) atoms. The smallest absolute Gasteiger partial charge is 0.234 e. The lowest BCUT2D eigenvalue weighted by Crippen LogP contribution is -2.15. The molecule has 0 spiro atoms. The average Bonchev–Trinajstić information content (AvgIpc) is 3.13. The maximum absolute atomic E-state index is 12.3. The van der Waals surface area contributed by atoms with Crippen LogP contribution in [0.25, 0.3) is 0 Å². The fraction of sp³-hybridized carbons (Fsp3) is 0.286. The molecule has 0 aliphatic rings. The monoisotopic (exact) mass is 428 g/mol. The van der Waals surface area contributed by atoms with Crippen LogP contribution in [0.3, 0.4) is 0 Å². The average molecular weight is 429 g/mol. The highest BCUT2D eigenvalue weighted by Crippen LogP contribution is 2.26. The highest BCUT2D eigenvalue weighted by molar-refractivity contribution is 7.99. The second kappa shape index (κ2) is 10.0. The molecule has 158 valence electrons. The summed E-state index contributed by atoms with van der Waals surface area (Å²) in [6, 6.07) is 14.6. The lowest BCUT2D eigenvalue weighted by Gasteiger charge is -2.14. The molecular weight excluding hydrogens is 404 g/mol. The molecule has 9 heteroatoms. The summed E-state index contributed by atoms with van der Waals surface area (Å²) in [7, 11) is 5.05. The molecule has 1 N–H and O–H groups in total. The number of amides is 1. The Morgan fingerprint density at radius 1 is 1.07 bits per heavy atom. The fourth-order valence-corrected chi connectivity index (χ4v) is 3.48. The molecule has 2 aromatic carbocycles. The number of carbonyl (C=O) groups excluding carboxylic acids is 1. The number of hydrogen-bond donors (Lipinski definition) is 1. The molecular formula is C21H24N4O4S. The van der Waals surface area contributed by atoms with Gasteiger partial charge in [-0.1, -0.05) is 23.9 Å². The molecule has 0 saturated heterocycles. The number of methoxy groups -OCH3 is 2. The summed E-state index contributed by atoms with van der Waals surface area (Å²) in [5, 5.41) is 11.9. The van der Waals surface area contributed by atoms with E-state index >= 15 is 0 Å². The molecule has 1 amide bonds. The molecule has 1 aromatic heterocycles. The molecule has 0 bridgehead atoms. The van der Waals surface area contributed by atoms with Gasteiger partial charge in [0.1, 0.15) is 17.2 Å². The van der Waals surface area contributed by atoms with Gasteiger partial charge in [-0.05, 0) is 31.2 Å². The molecule has 0 radical (unpaired) electrons. The van der Waals surface area contributed by atoms with Gasteiger partial charge < -0.3 is 24.1 Å². The zero-order valence-electron chi connectivity index (χ0n) is 17.3. The summed E-state index contributed by atoms with van der Waals surface area (Å²) in [6.45, 7) is 1.90. The van der Waals surface area contributed by atoms with Crippen molar-refractivity contribution in [3.8, 4) is 17.2 Å². The van der Waals surface area contributed by atoms with E-state index in [-0.39, 0.29) is 17.8 Å². The number of aromatic nitrogens is 3. The first kappa shape index (κ1) is 21.5. The Kier molecular flexibility index (Phi) is 7.18. The largest absolute Gasteiger partial charge is 0.497 e. The quantitative estimate of drug-likeness (QED) is 0.520. The van der Waals surface area contributed by atoms with E-state index in [2.05, 4.69) is 15.5 Å². The summed E-state index contributed by atoms with van der Waals surface area (Å²) in [6.07, 6.45) is -0.324. The predicted molar refractivity (Wildman–Crippen MR) is 115 cm³/mol. The van der Waals surface area contributed by atoms with Crippen LogP contribution in [0.4, 0.5) is 5.69 Å². The van der Waals surface area contributed by atoms with Gasteiger partial charge in [0, 0.05) is 24.9 Å². The van der Waals surface area contributed by atoms with Crippen LogP contribution in [-0.4, -0.2) is 40.6 Å². The van der Waals surface area contributed by atoms with Gasteiger partial charge >= 0.3 is 0 Å². The third kappa shape index (κ3) is 5.44. The molecule has 3 aromatic rings. The second-order valence-corrected chi connectivity index (χ2v) is 7.35. The van der Waals surface area contributed by atoms with E-state index in [1.54, 1.807) is 20.3 Å². The molecule has 8 nitrogen and oxygen atoms in total. The van der Waals surface area contributed by atoms with Crippen LogP contribution in [0, 0.1) is 0 Å². The van der Waals surface area contributed by atoms with E-state index in [1.165, 1.54) is 11.8 Å². The van der Waals surface area contributed by atoms with Crippen molar-refractivity contribution in [1.29, 1.82) is 0 Å². The van der Waals surface area contributed by atoms with Crippen LogP contribution in [-0.2, 0) is 11.8 Å². The van der Waals surface area contributed by atoms with Crippen LogP contribution < -0.4 is 19.5 Å². The normalized spacial score (nSPS) is 11.6. The number of carbonyl (C=O) groups is 1. The highest BCUT2D eigenvalue weighted by Gasteiger charge is 2.18. The standard InChI is InChI=1S/C21H24N4O4S/c1-14(29-18-10-6-9-17(12-18)28-4)20-23-24-21(25(20)2)30-13-19(26)22-15-7-5-8-16(11-15)27-3/h5-12,14H,13H2,1-4H3,(H,22,26). The lowest BCUT2D eigenvalue weighted by atomic mass is 10.3. The zero-order chi connectivity index (χ0) is 21.5. The van der Waals surface area contributed by atoms with Crippen molar-refractivity contribution in [2.24, 2.45) is 7.05 Å². The van der Waals surface area contributed by atoms with Crippen LogP contribution in [0.15, 0.2) is 53.7 Å². The van der Waals surface area contributed by atoms with Crippen molar-refractivity contribution in [2.75, 3.05) is 25.3 Å². The van der Waals surface area contributed by atoms with Gasteiger partial charge in [-0.25, -0.2) is 0 Å². The Balaban J connectivity index is 1.58. The summed E-state index contributed by atoms with van der Waals surface area (Å²) in [5.74, 6) is 2.80. The number of nitrogens with one attached hydrogen (secondary N) is 1. The van der Waals surface area contributed by atoms with E-state index in [1.807, 2.05) is 61.0 Å². The van der Waals surface area contributed by atoms with Crippen LogP contribution in [0.2, 0.25) is 0 Å². The number of anilines is 1. The molecule has 0 fully saturated rings. The number of rotatable bonds is 9. The van der Waals surface area contributed by atoms with Crippen LogP contribution >= 0.6 is 11.8 Å². The third-order valence-corrected chi connectivity index (χ3v) is 5.29. The molecule has 0 saturated carbocycles. The molecule has 0 aliphatic heterocycles. The highest BCUT2D eigenvalue weighted by atomic mass is 32.2. The maximum atomic E-state index is 12.3. The summed E-state index contributed by atoms with van der Waals surface area (Å²) >= 11 is 1.31. The first-order valence-corrected chi connectivity index (χ1v) is 10.3. The Morgan fingerprint density at radius 2 is 1.73 bits per heavy atom. The van der Waals surface area contributed by atoms with Crippen LogP contribution in [0.1, 0.15) is 18.9 Å². The Morgan fingerprint density at radius 3 is 2.47 bits per heavy atom. The SMILES string of the molecule is COc1cccc(NC(=O)CSc2nnc(C(C)Oc3cccc(OC)c3)n2C)c1. The summed E-state index contributed by atoms with van der Waals surface area (Å²) < 4.78 is 18.2. The minimum atomic E-state index is -0.324. The first-order chi connectivity index (χ1) is 14.5. The van der Waals surface area contributed by atoms with Crippen molar-refractivity contribution in [3.63, 3.8) is 0 Å². The molecule has 3 rings (SSSR count).